The van der Waals surface area contributed by atoms with Crippen LogP contribution in [0.1, 0.15) is 36.8 Å². The van der Waals surface area contributed by atoms with Gasteiger partial charge in [-0.2, -0.15) is 0 Å². The number of carbonyl (C=O) groups is 1. The number of hydrogen-bond donors (Lipinski definition) is 2. The van der Waals surface area contributed by atoms with E-state index in [0.717, 1.165) is 23.4 Å². The Labute approximate surface area is 125 Å². The molecule has 0 aliphatic carbocycles. The molecule has 0 spiro atoms. The summed E-state index contributed by atoms with van der Waals surface area (Å²) < 4.78 is 0. The van der Waals surface area contributed by atoms with E-state index in [0.29, 0.717) is 11.7 Å². The second-order valence-corrected chi connectivity index (χ2v) is 5.19. The number of pyridine rings is 1. The minimum Gasteiger partial charge on any atom is -0.383 e. The van der Waals surface area contributed by atoms with E-state index in [1.165, 1.54) is 0 Å². The molecule has 0 fully saturated rings. The summed E-state index contributed by atoms with van der Waals surface area (Å²) in [7, 11) is 0. The molecular formula is C17H21N3O. The van der Waals surface area contributed by atoms with Gasteiger partial charge in [-0.3, -0.25) is 9.78 Å². The number of nitrogens with zero attached hydrogens (tertiary/aromatic N) is 1. The summed E-state index contributed by atoms with van der Waals surface area (Å²) in [4.78, 5) is 16.5. The van der Waals surface area contributed by atoms with Gasteiger partial charge < -0.3 is 10.6 Å². The van der Waals surface area contributed by atoms with Crippen LogP contribution in [0.4, 0.5) is 11.4 Å². The number of nitrogens with one attached hydrogen (secondary N) is 2. The highest BCUT2D eigenvalue weighted by molar-refractivity contribution is 6.03. The van der Waals surface area contributed by atoms with Crippen molar-refractivity contribution in [3.63, 3.8) is 0 Å². The maximum atomic E-state index is 12.3. The lowest BCUT2D eigenvalue weighted by molar-refractivity contribution is 0.102. The van der Waals surface area contributed by atoms with Crippen LogP contribution in [0.5, 0.6) is 0 Å². The van der Waals surface area contributed by atoms with E-state index in [4.69, 9.17) is 0 Å². The molecule has 0 radical (unpaired) electrons. The summed E-state index contributed by atoms with van der Waals surface area (Å²) in [5.41, 5.74) is 3.26. The first-order chi connectivity index (χ1) is 10.1. The fraction of sp³-hybridized carbons (Fsp3) is 0.294. The second kappa shape index (κ2) is 6.88. The lowest BCUT2D eigenvalue weighted by atomic mass is 10.1. The van der Waals surface area contributed by atoms with Crippen LogP contribution in [0, 0.1) is 0 Å². The van der Waals surface area contributed by atoms with Crippen LogP contribution in [-0.4, -0.2) is 16.9 Å². The maximum absolute atomic E-state index is 12.3. The molecule has 4 nitrogen and oxygen atoms in total. The van der Waals surface area contributed by atoms with Gasteiger partial charge in [-0.05, 0) is 44.0 Å². The molecule has 0 aliphatic heterocycles. The highest BCUT2D eigenvalue weighted by Gasteiger charge is 2.10. The third kappa shape index (κ3) is 4.05. The van der Waals surface area contributed by atoms with Crippen molar-refractivity contribution >= 4 is 17.3 Å². The average molecular weight is 283 g/mol. The summed E-state index contributed by atoms with van der Waals surface area (Å²) in [5, 5.41) is 6.20. The molecule has 0 saturated heterocycles. The van der Waals surface area contributed by atoms with Crippen molar-refractivity contribution in [1.82, 2.24) is 4.98 Å². The Bertz CT molecular complexity index is 623. The summed E-state index contributed by atoms with van der Waals surface area (Å²) >= 11 is 0. The van der Waals surface area contributed by atoms with Crippen LogP contribution < -0.4 is 10.6 Å². The first-order valence-electron chi connectivity index (χ1n) is 7.22. The van der Waals surface area contributed by atoms with E-state index in [-0.39, 0.29) is 5.91 Å². The Kier molecular flexibility index (Phi) is 4.93. The van der Waals surface area contributed by atoms with Gasteiger partial charge in [0.25, 0.3) is 5.91 Å². The first kappa shape index (κ1) is 15.0. The summed E-state index contributed by atoms with van der Waals surface area (Å²) in [5.74, 6) is -0.191. The molecule has 1 aromatic heterocycles. The van der Waals surface area contributed by atoms with Crippen LogP contribution in [0.2, 0.25) is 0 Å². The number of amides is 1. The highest BCUT2D eigenvalue weighted by Crippen LogP contribution is 2.17. The lowest BCUT2D eigenvalue weighted by Crippen LogP contribution is -2.16. The fourth-order valence-corrected chi connectivity index (χ4v) is 2.11. The van der Waals surface area contributed by atoms with Crippen molar-refractivity contribution in [2.75, 3.05) is 10.6 Å². The Morgan fingerprint density at radius 1 is 1.24 bits per heavy atom. The maximum Gasteiger partial charge on any atom is 0.274 e. The quantitative estimate of drug-likeness (QED) is 0.879. The molecule has 1 aromatic carbocycles. The van der Waals surface area contributed by atoms with Crippen LogP contribution in [0.25, 0.3) is 0 Å². The minimum atomic E-state index is -0.191. The van der Waals surface area contributed by atoms with E-state index in [2.05, 4.69) is 36.4 Å². The Hall–Kier alpha value is -2.36. The molecule has 1 heterocycles. The van der Waals surface area contributed by atoms with E-state index < -0.39 is 0 Å². The van der Waals surface area contributed by atoms with E-state index in [1.54, 1.807) is 12.3 Å². The predicted molar refractivity (Wildman–Crippen MR) is 86.8 cm³/mol. The van der Waals surface area contributed by atoms with Crippen LogP contribution in [0.15, 0.2) is 42.6 Å². The standard InChI is InChI=1S/C17H21N3O/c1-4-13-7-5-6-8-15(13)20-17(21)16-11-14(9-10-18-16)19-12(2)3/h5-12H,4H2,1-3H3,(H,18,19)(H,20,21). The minimum absolute atomic E-state index is 0.191. The third-order valence-corrected chi connectivity index (χ3v) is 3.09. The Balaban J connectivity index is 2.16. The molecule has 0 unspecified atom stereocenters. The smallest absolute Gasteiger partial charge is 0.274 e. The zero-order valence-electron chi connectivity index (χ0n) is 12.7. The number of rotatable bonds is 5. The van der Waals surface area contributed by atoms with Gasteiger partial charge in [0, 0.05) is 23.6 Å². The number of hydrogen-bond acceptors (Lipinski definition) is 3. The largest absolute Gasteiger partial charge is 0.383 e. The third-order valence-electron chi connectivity index (χ3n) is 3.09. The summed E-state index contributed by atoms with van der Waals surface area (Å²) in [6.07, 6.45) is 2.52. The van der Waals surface area contributed by atoms with Crippen LogP contribution in [-0.2, 0) is 6.42 Å². The number of benzene rings is 1. The lowest BCUT2D eigenvalue weighted by Gasteiger charge is -2.12. The predicted octanol–water partition coefficient (Wildman–Crippen LogP) is 3.72. The molecule has 0 aliphatic rings. The number of anilines is 2. The first-order valence-corrected chi connectivity index (χ1v) is 7.22. The van der Waals surface area contributed by atoms with Gasteiger partial charge in [0.2, 0.25) is 0 Å². The SMILES string of the molecule is CCc1ccccc1NC(=O)c1cc(NC(C)C)ccn1. The molecule has 21 heavy (non-hydrogen) atoms. The molecule has 110 valence electrons. The van der Waals surface area contributed by atoms with Gasteiger partial charge in [0.05, 0.1) is 0 Å². The number of aromatic nitrogens is 1. The Morgan fingerprint density at radius 2 is 2.00 bits per heavy atom. The van der Waals surface area contributed by atoms with Gasteiger partial charge in [-0.1, -0.05) is 25.1 Å². The molecule has 1 amide bonds. The molecule has 0 atom stereocenters. The average Bonchev–Trinajstić information content (AvgIpc) is 2.47. The molecular weight excluding hydrogens is 262 g/mol. The molecule has 2 aromatic rings. The number of aryl methyl sites for hydroxylation is 1. The van der Waals surface area contributed by atoms with Gasteiger partial charge in [-0.15, -0.1) is 0 Å². The van der Waals surface area contributed by atoms with Gasteiger partial charge in [0.1, 0.15) is 5.69 Å². The molecule has 4 heteroatoms. The normalized spacial score (nSPS) is 10.5. The van der Waals surface area contributed by atoms with Crippen molar-refractivity contribution in [2.45, 2.75) is 33.2 Å². The van der Waals surface area contributed by atoms with E-state index >= 15 is 0 Å². The second-order valence-electron chi connectivity index (χ2n) is 5.19. The van der Waals surface area contributed by atoms with Gasteiger partial charge >= 0.3 is 0 Å². The molecule has 2 rings (SSSR count). The van der Waals surface area contributed by atoms with Crippen molar-refractivity contribution in [3.8, 4) is 0 Å². The number of carbonyl (C=O) groups excluding carboxylic acids is 1. The monoisotopic (exact) mass is 283 g/mol. The number of para-hydroxylation sites is 1. The van der Waals surface area contributed by atoms with Crippen molar-refractivity contribution < 1.29 is 4.79 Å². The highest BCUT2D eigenvalue weighted by atomic mass is 16.1. The van der Waals surface area contributed by atoms with Crippen LogP contribution in [0.3, 0.4) is 0 Å². The topological polar surface area (TPSA) is 54.0 Å². The van der Waals surface area contributed by atoms with Gasteiger partial charge in [0.15, 0.2) is 0 Å². The molecule has 0 bridgehead atoms. The summed E-state index contributed by atoms with van der Waals surface area (Å²) in [6.45, 7) is 6.17. The van der Waals surface area contributed by atoms with Crippen molar-refractivity contribution in [1.29, 1.82) is 0 Å². The molecule has 2 N–H and O–H groups in total. The van der Waals surface area contributed by atoms with E-state index in [9.17, 15) is 4.79 Å². The summed E-state index contributed by atoms with van der Waals surface area (Å²) in [6, 6.07) is 11.7. The van der Waals surface area contributed by atoms with Crippen LogP contribution >= 0.6 is 0 Å². The van der Waals surface area contributed by atoms with Gasteiger partial charge in [-0.25, -0.2) is 0 Å². The zero-order chi connectivity index (χ0) is 15.2. The zero-order valence-corrected chi connectivity index (χ0v) is 12.7. The van der Waals surface area contributed by atoms with E-state index in [1.807, 2.05) is 30.3 Å². The Morgan fingerprint density at radius 3 is 2.71 bits per heavy atom. The fourth-order valence-electron chi connectivity index (χ4n) is 2.11. The molecule has 0 saturated carbocycles. The van der Waals surface area contributed by atoms with Crippen molar-refractivity contribution in [2.24, 2.45) is 0 Å². The van der Waals surface area contributed by atoms with Crippen molar-refractivity contribution in [3.05, 3.63) is 53.9 Å².